The van der Waals surface area contributed by atoms with Crippen LogP contribution in [0.1, 0.15) is 143 Å². The molecule has 12 heterocycles. The SMILES string of the molecule is CC(C)c1cc(NC(=O)c2cncc(C#Cc3cnc(N)c4ncccc34)c2)ccc1CN1CCN(C)CC1.CCc1cc(NC(=O)c2cncc(C#Cc3cnc(N)c4ncccc34)c2)ccc1CN1CCN(C)CC1.CN1CCN(Cc2ccc(NC(=O)c3cncc(C#Cc4cnc(N)c5ncccc45)c3)cc2C2CC2)CC1. The Morgan fingerprint density at radius 1 is 0.405 bits per heavy atom. The van der Waals surface area contributed by atoms with Crippen molar-refractivity contribution in [2.24, 2.45) is 0 Å². The van der Waals surface area contributed by atoms with Gasteiger partial charge in [-0.15, -0.1) is 0 Å². The first-order valence-electron chi connectivity index (χ1n) is 39.3. The Kier molecular flexibility index (Phi) is 25.6. The largest absolute Gasteiger partial charge is 0.382 e. The molecule has 4 fully saturated rings. The van der Waals surface area contributed by atoms with Gasteiger partial charge in [0.15, 0.2) is 0 Å². The second-order valence-corrected chi connectivity index (χ2v) is 30.2. The Balaban J connectivity index is 0.000000143. The molecule has 12 aromatic rings. The van der Waals surface area contributed by atoms with Gasteiger partial charge in [0.1, 0.15) is 34.0 Å². The number of benzene rings is 3. The maximum absolute atomic E-state index is 13.1. The highest BCUT2D eigenvalue weighted by Gasteiger charge is 2.28. The van der Waals surface area contributed by atoms with E-state index in [9.17, 15) is 14.4 Å². The number of amides is 3. The van der Waals surface area contributed by atoms with E-state index in [1.165, 1.54) is 46.2 Å². The lowest BCUT2D eigenvalue weighted by atomic mass is 9.96. The fourth-order valence-electron chi connectivity index (χ4n) is 14.4. The third-order valence-electron chi connectivity index (χ3n) is 21.3. The number of carbonyl (C=O) groups is 3. The fraction of sp³-hybridized carbons (Fsp3) is 0.283. The van der Waals surface area contributed by atoms with Crippen LogP contribution >= 0.6 is 0 Å². The number of nitrogens with one attached hydrogen (secondary N) is 3. The molecule has 3 aliphatic heterocycles. The molecule has 4 aliphatic rings. The van der Waals surface area contributed by atoms with Gasteiger partial charge in [-0.3, -0.25) is 59.0 Å². The maximum Gasteiger partial charge on any atom is 0.257 e. The van der Waals surface area contributed by atoms with Crippen molar-refractivity contribution in [3.05, 3.63) is 267 Å². The second-order valence-electron chi connectivity index (χ2n) is 30.2. The van der Waals surface area contributed by atoms with Crippen LogP contribution in [0.4, 0.5) is 34.5 Å². The van der Waals surface area contributed by atoms with Gasteiger partial charge in [-0.1, -0.05) is 74.5 Å². The molecule has 1 aliphatic carbocycles. The Hall–Kier alpha value is -13.0. The molecule has 116 heavy (non-hydrogen) atoms. The van der Waals surface area contributed by atoms with Crippen LogP contribution in [-0.4, -0.2) is 192 Å². The number of fused-ring (bicyclic) bond motifs is 3. The first-order valence-corrected chi connectivity index (χ1v) is 39.3. The summed E-state index contributed by atoms with van der Waals surface area (Å²) in [5.41, 5.74) is 35.3. The predicted molar refractivity (Wildman–Crippen MR) is 459 cm³/mol. The molecule has 0 unspecified atom stereocenters. The highest BCUT2D eigenvalue weighted by atomic mass is 16.2. The summed E-state index contributed by atoms with van der Waals surface area (Å²) < 4.78 is 0. The molecular weight excluding hydrogens is 1450 g/mol. The number of aryl methyl sites for hydroxylation is 1. The molecule has 586 valence electrons. The third kappa shape index (κ3) is 20.5. The number of hydrogen-bond acceptors (Lipinski definition) is 21. The Morgan fingerprint density at radius 3 is 1.14 bits per heavy atom. The summed E-state index contributed by atoms with van der Waals surface area (Å²) in [4.78, 5) is 92.2. The Morgan fingerprint density at radius 2 is 0.759 bits per heavy atom. The lowest BCUT2D eigenvalue weighted by Gasteiger charge is -2.33. The number of hydrogen-bond donors (Lipinski definition) is 6. The summed E-state index contributed by atoms with van der Waals surface area (Å²) in [6, 6.07) is 35.2. The highest BCUT2D eigenvalue weighted by Crippen LogP contribution is 2.43. The number of nitrogens with zero attached hydrogens (tertiary/aromatic N) is 15. The molecule has 24 nitrogen and oxygen atoms in total. The summed E-state index contributed by atoms with van der Waals surface area (Å²) in [6.07, 6.45) is 22.9. The quantitative estimate of drug-likeness (QED) is 0.0520. The summed E-state index contributed by atoms with van der Waals surface area (Å²) in [5.74, 6) is 20.0. The molecule has 9 aromatic heterocycles. The zero-order valence-corrected chi connectivity index (χ0v) is 66.4. The van der Waals surface area contributed by atoms with E-state index in [1.54, 1.807) is 92.6 Å². The number of aromatic nitrogens is 9. The number of nitrogen functional groups attached to an aromatic ring is 3. The predicted octanol–water partition coefficient (Wildman–Crippen LogP) is 11.6. The van der Waals surface area contributed by atoms with Crippen LogP contribution in [0.5, 0.6) is 0 Å². The molecule has 3 saturated heterocycles. The van der Waals surface area contributed by atoms with Gasteiger partial charge in [-0.25, -0.2) is 15.0 Å². The van der Waals surface area contributed by atoms with E-state index in [-0.39, 0.29) is 17.7 Å². The first kappa shape index (κ1) is 79.7. The molecule has 16 rings (SSSR count). The topological polar surface area (TPSA) is 301 Å². The van der Waals surface area contributed by atoms with Crippen molar-refractivity contribution in [2.75, 3.05) is 133 Å². The number of anilines is 6. The Bertz CT molecular complexity index is 5580. The van der Waals surface area contributed by atoms with E-state index in [0.29, 0.717) is 95.9 Å². The average molecular weight is 1540 g/mol. The minimum atomic E-state index is -0.225. The molecule has 3 amide bonds. The van der Waals surface area contributed by atoms with Crippen molar-refractivity contribution in [2.45, 2.75) is 71.5 Å². The zero-order valence-electron chi connectivity index (χ0n) is 66.4. The van der Waals surface area contributed by atoms with Crippen molar-refractivity contribution in [3.63, 3.8) is 0 Å². The van der Waals surface area contributed by atoms with Crippen molar-refractivity contribution in [1.29, 1.82) is 0 Å². The number of nitrogens with two attached hydrogens (primary N) is 3. The average Bonchev–Trinajstić information content (AvgIpc) is 1.66. The number of carbonyl (C=O) groups excluding carboxylic acids is 3. The van der Waals surface area contributed by atoms with Gasteiger partial charge in [0.25, 0.3) is 17.7 Å². The van der Waals surface area contributed by atoms with Crippen molar-refractivity contribution < 1.29 is 14.4 Å². The Labute approximate surface area is 676 Å². The van der Waals surface area contributed by atoms with E-state index in [0.717, 1.165) is 138 Å². The number of rotatable bonds is 15. The molecule has 1 saturated carbocycles. The minimum Gasteiger partial charge on any atom is -0.382 e. The van der Waals surface area contributed by atoms with Crippen LogP contribution in [0.25, 0.3) is 32.7 Å². The summed E-state index contributed by atoms with van der Waals surface area (Å²) in [5, 5.41) is 11.6. The van der Waals surface area contributed by atoms with E-state index < -0.39 is 0 Å². The fourth-order valence-corrected chi connectivity index (χ4v) is 14.4. The van der Waals surface area contributed by atoms with Crippen LogP contribution in [0.15, 0.2) is 184 Å². The third-order valence-corrected chi connectivity index (χ3v) is 21.3. The summed E-state index contributed by atoms with van der Waals surface area (Å²) in [7, 11) is 6.52. The van der Waals surface area contributed by atoms with Crippen molar-refractivity contribution in [1.82, 2.24) is 74.3 Å². The van der Waals surface area contributed by atoms with Crippen LogP contribution < -0.4 is 33.2 Å². The van der Waals surface area contributed by atoms with E-state index in [4.69, 9.17) is 17.2 Å². The van der Waals surface area contributed by atoms with Crippen molar-refractivity contribution >= 4 is 84.9 Å². The van der Waals surface area contributed by atoms with E-state index in [2.05, 4.69) is 204 Å². The molecule has 24 heteroatoms. The number of piperazine rings is 3. The summed E-state index contributed by atoms with van der Waals surface area (Å²) >= 11 is 0. The van der Waals surface area contributed by atoms with E-state index in [1.807, 2.05) is 54.6 Å². The van der Waals surface area contributed by atoms with Gasteiger partial charge in [0, 0.05) is 222 Å². The van der Waals surface area contributed by atoms with Crippen molar-refractivity contribution in [3.8, 4) is 35.5 Å². The molecule has 0 bridgehead atoms. The minimum absolute atomic E-state index is 0.205. The highest BCUT2D eigenvalue weighted by molar-refractivity contribution is 6.06. The molecule has 0 atom stereocenters. The molecule has 0 spiro atoms. The monoisotopic (exact) mass is 1540 g/mol. The molecular formula is C92H95N21O3. The van der Waals surface area contributed by atoms with Crippen LogP contribution in [0, 0.1) is 35.5 Å². The van der Waals surface area contributed by atoms with Crippen LogP contribution in [0.2, 0.25) is 0 Å². The van der Waals surface area contributed by atoms with Gasteiger partial charge in [0.2, 0.25) is 0 Å². The van der Waals surface area contributed by atoms with Crippen LogP contribution in [0.3, 0.4) is 0 Å². The van der Waals surface area contributed by atoms with E-state index >= 15 is 0 Å². The normalized spacial score (nSPS) is 14.8. The standard InChI is InChI=1S/C31H31N7O.C31H33N7O.C30H31N7O/c1-37-11-13-38(14-12-37)20-24-8-9-26(16-28(24)22-6-7-22)36-31(39)25-15-21(17-33-18-25)4-5-23-19-35-30(32)29-27(23)3-2-10-34-29;1-21(2)28-16-26(9-8-24(28)20-38-13-11-37(3)12-14-38)36-31(39)25-15-22(17-33-18-25)6-7-23-19-35-30(32)29-27(23)5-4-10-34-29;1-3-22-16-26(9-8-24(22)20-37-13-11-36(2)12-14-37)35-30(38)25-15-21(17-32-18-25)6-7-23-19-34-29(31)28-27(23)5-4-10-33-28/h2-3,8-10,15-19,22H,6-7,11-14,20H2,1H3,(H2,32,35)(H,36,39);4-5,8-10,15-19,21H,11-14,20H2,1-3H3,(H2,32,35)(H,36,39);4-5,8-10,15-19H,3,11-14,20H2,1-2H3,(H2,31,34)(H,35,38). The lowest BCUT2D eigenvalue weighted by molar-refractivity contribution is 0.101. The number of likely N-dealkylation sites (N-methyl/N-ethyl adjacent to an activating group) is 3. The lowest BCUT2D eigenvalue weighted by Crippen LogP contribution is -2.44. The van der Waals surface area contributed by atoms with Gasteiger partial charge in [-0.05, 0) is 177 Å². The van der Waals surface area contributed by atoms with Gasteiger partial charge < -0.3 is 47.9 Å². The summed E-state index contributed by atoms with van der Waals surface area (Å²) in [6.45, 7) is 22.4. The maximum atomic E-state index is 13.1. The zero-order chi connectivity index (χ0) is 80.6. The van der Waals surface area contributed by atoms with Crippen LogP contribution in [-0.2, 0) is 26.1 Å². The first-order chi connectivity index (χ1) is 56.4. The molecule has 9 N–H and O–H groups in total. The molecule has 0 radical (unpaired) electrons. The second kappa shape index (κ2) is 37.3. The van der Waals surface area contributed by atoms with Gasteiger partial charge in [0.05, 0.1) is 33.4 Å². The smallest absolute Gasteiger partial charge is 0.257 e. The number of pyridine rings is 9. The van der Waals surface area contributed by atoms with Gasteiger partial charge in [-0.2, -0.15) is 0 Å². The molecule has 3 aromatic carbocycles. The van der Waals surface area contributed by atoms with Gasteiger partial charge >= 0.3 is 0 Å².